The fourth-order valence-electron chi connectivity index (χ4n) is 4.23. The molecule has 4 rings (SSSR count). The van der Waals surface area contributed by atoms with Gasteiger partial charge >= 0.3 is 5.97 Å². The minimum atomic E-state index is -0.147. The van der Waals surface area contributed by atoms with E-state index in [9.17, 15) is 4.79 Å². The van der Waals surface area contributed by atoms with Crippen LogP contribution in [0.3, 0.4) is 0 Å². The van der Waals surface area contributed by atoms with Crippen molar-refractivity contribution in [3.8, 4) is 0 Å². The van der Waals surface area contributed by atoms with E-state index in [1.807, 2.05) is 13.0 Å². The summed E-state index contributed by atoms with van der Waals surface area (Å²) in [6, 6.07) is 1.98. The van der Waals surface area contributed by atoms with Gasteiger partial charge in [-0.3, -0.25) is 4.79 Å². The van der Waals surface area contributed by atoms with E-state index in [-0.39, 0.29) is 17.9 Å². The maximum absolute atomic E-state index is 12.5. The molecule has 0 unspecified atom stereocenters. The zero-order valence-corrected chi connectivity index (χ0v) is 19.6. The Morgan fingerprint density at radius 3 is 3.00 bits per heavy atom. The summed E-state index contributed by atoms with van der Waals surface area (Å²) in [7, 11) is 2.06. The molecule has 2 aromatic rings. The number of hydrogen-bond donors (Lipinski definition) is 2. The lowest BCUT2D eigenvalue weighted by molar-refractivity contribution is -0.149. The minimum absolute atomic E-state index is 0.0112. The van der Waals surface area contributed by atoms with Crippen LogP contribution in [0.4, 0.5) is 11.6 Å². The van der Waals surface area contributed by atoms with Crippen molar-refractivity contribution in [3.63, 3.8) is 0 Å². The van der Waals surface area contributed by atoms with Gasteiger partial charge in [0.15, 0.2) is 5.65 Å². The summed E-state index contributed by atoms with van der Waals surface area (Å²) in [5, 5.41) is 11.5. The molecule has 1 aliphatic heterocycles. The number of halogens is 1. The van der Waals surface area contributed by atoms with Crippen LogP contribution in [0.2, 0.25) is 0 Å². The second kappa shape index (κ2) is 9.72. The number of nitrogens with one attached hydrogen (secondary N) is 2. The number of nitrogens with zero attached hydrogens (tertiary/aromatic N) is 4. The number of fused-ring (bicyclic) bond motifs is 1. The third-order valence-corrected chi connectivity index (χ3v) is 6.30. The maximum atomic E-state index is 12.5. The molecule has 31 heavy (non-hydrogen) atoms. The van der Waals surface area contributed by atoms with E-state index in [1.54, 1.807) is 10.7 Å². The van der Waals surface area contributed by atoms with Crippen LogP contribution in [0, 0.1) is 5.92 Å². The number of hydrogen-bond acceptors (Lipinski definition) is 7. The van der Waals surface area contributed by atoms with Crippen molar-refractivity contribution in [2.24, 2.45) is 5.92 Å². The average molecular weight is 489 g/mol. The molecule has 0 amide bonds. The monoisotopic (exact) mass is 488 g/mol. The van der Waals surface area contributed by atoms with Gasteiger partial charge in [0.1, 0.15) is 11.6 Å². The minimum Gasteiger partial charge on any atom is -0.466 e. The second-order valence-electron chi connectivity index (χ2n) is 8.08. The number of anilines is 2. The third-order valence-electron chi connectivity index (χ3n) is 5.74. The number of rotatable bonds is 7. The zero-order chi connectivity index (χ0) is 21.8. The quantitative estimate of drug-likeness (QED) is 0.572. The van der Waals surface area contributed by atoms with E-state index in [0.29, 0.717) is 13.2 Å². The van der Waals surface area contributed by atoms with Gasteiger partial charge in [0, 0.05) is 32.2 Å². The topological polar surface area (TPSA) is 83.8 Å². The Hall–Kier alpha value is -2.55. The summed E-state index contributed by atoms with van der Waals surface area (Å²) >= 11 is 3.55. The first-order valence-electron chi connectivity index (χ1n) is 10.8. The van der Waals surface area contributed by atoms with Crippen molar-refractivity contribution in [2.45, 2.75) is 38.6 Å². The zero-order valence-electron chi connectivity index (χ0n) is 18.0. The molecular weight excluding hydrogens is 460 g/mol. The van der Waals surface area contributed by atoms with E-state index in [4.69, 9.17) is 9.72 Å². The van der Waals surface area contributed by atoms with Crippen LogP contribution in [-0.4, -0.2) is 58.3 Å². The van der Waals surface area contributed by atoms with Crippen molar-refractivity contribution < 1.29 is 9.53 Å². The van der Waals surface area contributed by atoms with Gasteiger partial charge in [-0.25, -0.2) is 4.98 Å². The first-order valence-corrected chi connectivity index (χ1v) is 11.6. The standard InChI is InChI=1S/C22H29BrN6O2/c1-3-31-22(30)16-8-4-5-9-18(16)26-19-11-20(29-21(27-19)17(23)13-25-29)24-12-15-7-6-10-28(2)14-15/h6-7,10-11,13,16,18,24H,3-5,8-9,12,14H2,1-2H3,(H,26,27)/t16-,18+/m0/s1. The molecule has 2 atom stereocenters. The van der Waals surface area contributed by atoms with Crippen LogP contribution in [0.15, 0.2) is 40.7 Å². The van der Waals surface area contributed by atoms with Crippen molar-refractivity contribution in [1.82, 2.24) is 19.5 Å². The Kier molecular flexibility index (Phi) is 6.80. The summed E-state index contributed by atoms with van der Waals surface area (Å²) in [4.78, 5) is 19.4. The summed E-state index contributed by atoms with van der Waals surface area (Å²) < 4.78 is 7.93. The van der Waals surface area contributed by atoms with Gasteiger partial charge in [-0.05, 0) is 53.5 Å². The normalized spacial score (nSPS) is 21.1. The van der Waals surface area contributed by atoms with Crippen LogP contribution in [0.1, 0.15) is 32.6 Å². The van der Waals surface area contributed by atoms with Crippen LogP contribution < -0.4 is 10.6 Å². The van der Waals surface area contributed by atoms with E-state index >= 15 is 0 Å². The molecule has 1 aliphatic carbocycles. The number of allylic oxidation sites excluding steroid dienone is 2. The molecule has 2 N–H and O–H groups in total. The third kappa shape index (κ3) is 5.03. The highest BCUT2D eigenvalue weighted by Crippen LogP contribution is 2.30. The van der Waals surface area contributed by atoms with Gasteiger partial charge in [0.25, 0.3) is 0 Å². The molecule has 1 fully saturated rings. The number of carbonyl (C=O) groups excluding carboxylic acids is 1. The van der Waals surface area contributed by atoms with E-state index in [1.165, 1.54) is 5.57 Å². The highest BCUT2D eigenvalue weighted by Gasteiger charge is 2.32. The number of esters is 1. The fraction of sp³-hybridized carbons (Fsp3) is 0.500. The predicted molar refractivity (Wildman–Crippen MR) is 125 cm³/mol. The van der Waals surface area contributed by atoms with Gasteiger partial charge in [-0.15, -0.1) is 0 Å². The van der Waals surface area contributed by atoms with E-state index < -0.39 is 0 Å². The largest absolute Gasteiger partial charge is 0.466 e. The number of likely N-dealkylation sites (N-methyl/N-ethyl adjacent to an activating group) is 1. The molecule has 0 aromatic carbocycles. The molecule has 8 nitrogen and oxygen atoms in total. The smallest absolute Gasteiger partial charge is 0.311 e. The SMILES string of the molecule is CCOC(=O)[C@H]1CCCC[C@H]1Nc1cc(NCC2=CC=CN(C)C2)n2ncc(Br)c2n1. The molecule has 166 valence electrons. The summed E-state index contributed by atoms with van der Waals surface area (Å²) in [6.45, 7) is 3.85. The molecule has 0 radical (unpaired) electrons. The van der Waals surface area contributed by atoms with Crippen molar-refractivity contribution in [3.05, 3.63) is 40.7 Å². The predicted octanol–water partition coefficient (Wildman–Crippen LogP) is 3.82. The lowest BCUT2D eigenvalue weighted by atomic mass is 9.84. The Morgan fingerprint density at radius 2 is 2.19 bits per heavy atom. The van der Waals surface area contributed by atoms with Crippen molar-refractivity contribution in [2.75, 3.05) is 37.4 Å². The first-order chi connectivity index (χ1) is 15.0. The molecule has 0 bridgehead atoms. The molecule has 3 heterocycles. The Balaban J connectivity index is 1.56. The molecule has 2 aromatic heterocycles. The fourth-order valence-corrected chi connectivity index (χ4v) is 4.58. The average Bonchev–Trinajstić information content (AvgIpc) is 3.13. The second-order valence-corrected chi connectivity index (χ2v) is 8.94. The molecule has 2 aliphatic rings. The number of ether oxygens (including phenoxy) is 1. The van der Waals surface area contributed by atoms with E-state index in [0.717, 1.165) is 54.0 Å². The van der Waals surface area contributed by atoms with Crippen molar-refractivity contribution in [1.29, 1.82) is 0 Å². The van der Waals surface area contributed by atoms with Crippen LogP contribution in [-0.2, 0) is 9.53 Å². The Bertz CT molecular complexity index is 1000. The molecule has 0 saturated heterocycles. The summed E-state index contributed by atoms with van der Waals surface area (Å²) in [6.07, 6.45) is 11.9. The highest BCUT2D eigenvalue weighted by atomic mass is 79.9. The molecule has 0 spiro atoms. The summed E-state index contributed by atoms with van der Waals surface area (Å²) in [5.74, 6) is 1.31. The van der Waals surface area contributed by atoms with E-state index in [2.05, 4.69) is 62.0 Å². The van der Waals surface area contributed by atoms with Crippen LogP contribution in [0.5, 0.6) is 0 Å². The van der Waals surface area contributed by atoms with Crippen molar-refractivity contribution >= 4 is 39.2 Å². The first kappa shape index (κ1) is 21.7. The van der Waals surface area contributed by atoms with Crippen LogP contribution in [0.25, 0.3) is 5.65 Å². The van der Waals surface area contributed by atoms with Gasteiger partial charge in [0.05, 0.1) is 23.2 Å². The van der Waals surface area contributed by atoms with Gasteiger partial charge in [0.2, 0.25) is 0 Å². The molecular formula is C22H29BrN6O2. The van der Waals surface area contributed by atoms with Gasteiger partial charge < -0.3 is 20.3 Å². The lowest BCUT2D eigenvalue weighted by Crippen LogP contribution is -2.38. The highest BCUT2D eigenvalue weighted by molar-refractivity contribution is 9.10. The molecule has 9 heteroatoms. The summed E-state index contributed by atoms with van der Waals surface area (Å²) in [5.41, 5.74) is 2.01. The maximum Gasteiger partial charge on any atom is 0.311 e. The lowest BCUT2D eigenvalue weighted by Gasteiger charge is -2.31. The Labute approximate surface area is 190 Å². The van der Waals surface area contributed by atoms with Gasteiger partial charge in [-0.2, -0.15) is 9.61 Å². The van der Waals surface area contributed by atoms with Crippen LogP contribution >= 0.6 is 15.9 Å². The number of aromatic nitrogens is 3. The number of carbonyl (C=O) groups is 1. The van der Waals surface area contributed by atoms with Gasteiger partial charge in [-0.1, -0.05) is 18.9 Å². The Morgan fingerprint density at radius 1 is 1.35 bits per heavy atom. The molecule has 1 saturated carbocycles.